The SMILES string of the molecule is CNc1ncc2nc(Nc3ccc(F)cc3F)n(C3CCC(O)CC3)c2n1. The number of halogens is 2. The van der Waals surface area contributed by atoms with Gasteiger partial charge in [-0.2, -0.15) is 4.98 Å². The lowest BCUT2D eigenvalue weighted by molar-refractivity contribution is 0.112. The van der Waals surface area contributed by atoms with Crippen molar-refractivity contribution in [2.75, 3.05) is 17.7 Å². The van der Waals surface area contributed by atoms with E-state index in [2.05, 4.69) is 25.6 Å². The van der Waals surface area contributed by atoms with E-state index < -0.39 is 11.6 Å². The number of imidazole rings is 1. The van der Waals surface area contributed by atoms with Crippen LogP contribution in [-0.4, -0.2) is 37.8 Å². The summed E-state index contributed by atoms with van der Waals surface area (Å²) in [4.78, 5) is 13.2. The number of anilines is 3. The Morgan fingerprint density at radius 3 is 2.63 bits per heavy atom. The molecule has 2 aromatic heterocycles. The number of rotatable bonds is 4. The molecule has 9 heteroatoms. The van der Waals surface area contributed by atoms with E-state index in [1.54, 1.807) is 13.2 Å². The van der Waals surface area contributed by atoms with Gasteiger partial charge in [0.05, 0.1) is 18.0 Å². The Morgan fingerprint density at radius 2 is 1.93 bits per heavy atom. The van der Waals surface area contributed by atoms with E-state index in [4.69, 9.17) is 0 Å². The fraction of sp³-hybridized carbons (Fsp3) is 0.389. The van der Waals surface area contributed by atoms with Gasteiger partial charge in [-0.25, -0.2) is 18.7 Å². The lowest BCUT2D eigenvalue weighted by Gasteiger charge is -2.28. The van der Waals surface area contributed by atoms with Crippen LogP contribution in [0, 0.1) is 11.6 Å². The molecule has 2 heterocycles. The molecule has 1 aliphatic rings. The molecule has 0 saturated heterocycles. The van der Waals surface area contributed by atoms with Crippen LogP contribution >= 0.6 is 0 Å². The van der Waals surface area contributed by atoms with Gasteiger partial charge in [-0.15, -0.1) is 0 Å². The monoisotopic (exact) mass is 374 g/mol. The summed E-state index contributed by atoms with van der Waals surface area (Å²) in [6, 6.07) is 3.41. The Bertz CT molecular complexity index is 968. The highest BCUT2D eigenvalue weighted by molar-refractivity contribution is 5.76. The van der Waals surface area contributed by atoms with Crippen molar-refractivity contribution in [2.45, 2.75) is 37.8 Å². The molecule has 0 spiro atoms. The molecule has 142 valence electrons. The van der Waals surface area contributed by atoms with Gasteiger partial charge in [-0.05, 0) is 37.8 Å². The minimum atomic E-state index is -0.699. The fourth-order valence-corrected chi connectivity index (χ4v) is 3.47. The second-order valence-corrected chi connectivity index (χ2v) is 6.67. The first kappa shape index (κ1) is 17.6. The third-order valence-electron chi connectivity index (χ3n) is 4.87. The zero-order valence-electron chi connectivity index (χ0n) is 14.8. The Labute approximate surface area is 154 Å². The zero-order valence-corrected chi connectivity index (χ0v) is 14.8. The molecule has 0 amide bonds. The molecule has 3 aromatic rings. The number of aliphatic hydroxyl groups excluding tert-OH is 1. The molecule has 0 atom stereocenters. The van der Waals surface area contributed by atoms with E-state index in [0.29, 0.717) is 35.9 Å². The molecule has 1 saturated carbocycles. The predicted molar refractivity (Wildman–Crippen MR) is 98.0 cm³/mol. The minimum Gasteiger partial charge on any atom is -0.393 e. The van der Waals surface area contributed by atoms with Gasteiger partial charge in [-0.1, -0.05) is 0 Å². The topological polar surface area (TPSA) is 87.9 Å². The summed E-state index contributed by atoms with van der Waals surface area (Å²) in [7, 11) is 1.73. The summed E-state index contributed by atoms with van der Waals surface area (Å²) >= 11 is 0. The first-order chi connectivity index (χ1) is 13.0. The molecular weight excluding hydrogens is 354 g/mol. The molecule has 4 rings (SSSR count). The van der Waals surface area contributed by atoms with Crippen LogP contribution in [0.3, 0.4) is 0 Å². The number of hydrogen-bond acceptors (Lipinski definition) is 6. The van der Waals surface area contributed by atoms with Crippen LogP contribution in [-0.2, 0) is 0 Å². The second-order valence-electron chi connectivity index (χ2n) is 6.67. The third-order valence-corrected chi connectivity index (χ3v) is 4.87. The zero-order chi connectivity index (χ0) is 19.0. The van der Waals surface area contributed by atoms with Crippen LogP contribution in [0.4, 0.5) is 26.4 Å². The van der Waals surface area contributed by atoms with Gasteiger partial charge in [0, 0.05) is 19.2 Å². The van der Waals surface area contributed by atoms with Gasteiger partial charge in [0.15, 0.2) is 5.65 Å². The van der Waals surface area contributed by atoms with Gasteiger partial charge < -0.3 is 15.7 Å². The molecule has 7 nitrogen and oxygen atoms in total. The summed E-state index contributed by atoms with van der Waals surface area (Å²) in [5.41, 5.74) is 1.33. The van der Waals surface area contributed by atoms with E-state index in [9.17, 15) is 13.9 Å². The second kappa shape index (κ2) is 7.07. The number of aliphatic hydroxyl groups is 1. The Balaban J connectivity index is 1.79. The number of fused-ring (bicyclic) bond motifs is 1. The van der Waals surface area contributed by atoms with Crippen molar-refractivity contribution in [2.24, 2.45) is 0 Å². The molecule has 1 aromatic carbocycles. The molecule has 27 heavy (non-hydrogen) atoms. The van der Waals surface area contributed by atoms with Crippen molar-refractivity contribution in [1.29, 1.82) is 0 Å². The van der Waals surface area contributed by atoms with Crippen molar-refractivity contribution in [3.05, 3.63) is 36.0 Å². The predicted octanol–water partition coefficient (Wildman–Crippen LogP) is 3.37. The molecule has 1 aliphatic carbocycles. The van der Waals surface area contributed by atoms with E-state index in [0.717, 1.165) is 18.9 Å². The highest BCUT2D eigenvalue weighted by Crippen LogP contribution is 2.35. The first-order valence-corrected chi connectivity index (χ1v) is 8.88. The van der Waals surface area contributed by atoms with Crippen molar-refractivity contribution in [3.8, 4) is 0 Å². The van der Waals surface area contributed by atoms with Gasteiger partial charge in [-0.3, -0.25) is 4.57 Å². The van der Waals surface area contributed by atoms with Crippen LogP contribution in [0.25, 0.3) is 11.2 Å². The molecule has 0 unspecified atom stereocenters. The average molecular weight is 374 g/mol. The van der Waals surface area contributed by atoms with Gasteiger partial charge in [0.1, 0.15) is 17.2 Å². The maximum Gasteiger partial charge on any atom is 0.224 e. The average Bonchev–Trinajstić information content (AvgIpc) is 3.01. The van der Waals surface area contributed by atoms with Crippen molar-refractivity contribution in [1.82, 2.24) is 19.5 Å². The van der Waals surface area contributed by atoms with Gasteiger partial charge in [0.2, 0.25) is 11.9 Å². The lowest BCUT2D eigenvalue weighted by Crippen LogP contribution is -2.22. The van der Waals surface area contributed by atoms with Gasteiger partial charge >= 0.3 is 0 Å². The van der Waals surface area contributed by atoms with Crippen molar-refractivity contribution < 1.29 is 13.9 Å². The summed E-state index contributed by atoms with van der Waals surface area (Å²) < 4.78 is 29.3. The van der Waals surface area contributed by atoms with Crippen molar-refractivity contribution in [3.63, 3.8) is 0 Å². The van der Waals surface area contributed by atoms with E-state index in [-0.39, 0.29) is 17.8 Å². The molecule has 0 bridgehead atoms. The highest BCUT2D eigenvalue weighted by Gasteiger charge is 2.26. The number of benzene rings is 1. The quantitative estimate of drug-likeness (QED) is 0.649. The Hall–Kier alpha value is -2.81. The number of hydrogen-bond donors (Lipinski definition) is 3. The van der Waals surface area contributed by atoms with Crippen LogP contribution < -0.4 is 10.6 Å². The standard InChI is InChI=1S/C18H20F2N6O/c1-21-17-22-9-15-16(25-17)26(11-3-5-12(27)6-4-11)18(24-15)23-14-7-2-10(19)8-13(14)20/h2,7-9,11-12,27H,3-6H2,1H3,(H,23,24)(H,21,22,25). The molecule has 0 radical (unpaired) electrons. The maximum absolute atomic E-state index is 14.1. The van der Waals surface area contributed by atoms with Crippen LogP contribution in [0.15, 0.2) is 24.4 Å². The van der Waals surface area contributed by atoms with E-state index in [1.807, 2.05) is 4.57 Å². The molecule has 3 N–H and O–H groups in total. The summed E-state index contributed by atoms with van der Waals surface area (Å²) in [6.45, 7) is 0. The Morgan fingerprint density at radius 1 is 1.15 bits per heavy atom. The van der Waals surface area contributed by atoms with Crippen LogP contribution in [0.5, 0.6) is 0 Å². The van der Waals surface area contributed by atoms with Crippen molar-refractivity contribution >= 4 is 28.7 Å². The van der Waals surface area contributed by atoms with Crippen LogP contribution in [0.1, 0.15) is 31.7 Å². The largest absolute Gasteiger partial charge is 0.393 e. The fourth-order valence-electron chi connectivity index (χ4n) is 3.47. The third kappa shape index (κ3) is 3.42. The minimum absolute atomic E-state index is 0.0593. The Kier molecular flexibility index (Phi) is 4.61. The number of nitrogens with zero attached hydrogens (tertiary/aromatic N) is 4. The smallest absolute Gasteiger partial charge is 0.224 e. The lowest BCUT2D eigenvalue weighted by atomic mass is 9.93. The van der Waals surface area contributed by atoms with E-state index in [1.165, 1.54) is 12.1 Å². The maximum atomic E-state index is 14.1. The first-order valence-electron chi connectivity index (χ1n) is 8.88. The van der Waals surface area contributed by atoms with E-state index >= 15 is 0 Å². The number of nitrogens with one attached hydrogen (secondary N) is 2. The summed E-state index contributed by atoms with van der Waals surface area (Å²) in [6.07, 6.45) is 4.17. The molecule has 0 aliphatic heterocycles. The summed E-state index contributed by atoms with van der Waals surface area (Å²) in [5.74, 6) is -0.467. The highest BCUT2D eigenvalue weighted by atomic mass is 19.1. The molecular formula is C18H20F2N6O. The normalized spacial score (nSPS) is 20.0. The van der Waals surface area contributed by atoms with Gasteiger partial charge in [0.25, 0.3) is 0 Å². The number of aromatic nitrogens is 4. The molecule has 1 fully saturated rings. The van der Waals surface area contributed by atoms with Crippen LogP contribution in [0.2, 0.25) is 0 Å². The summed E-state index contributed by atoms with van der Waals surface area (Å²) in [5, 5.41) is 15.7.